The number of carbonyl (C=O) groups excluding carboxylic acids is 1. The normalized spacial score (nSPS) is 19.2. The van der Waals surface area contributed by atoms with Crippen molar-refractivity contribution in [2.75, 3.05) is 0 Å². The van der Waals surface area contributed by atoms with E-state index in [1.807, 2.05) is 0 Å². The van der Waals surface area contributed by atoms with Gasteiger partial charge in [0.25, 0.3) is 11.6 Å². The van der Waals surface area contributed by atoms with Gasteiger partial charge in [-0.3, -0.25) is 14.9 Å². The summed E-state index contributed by atoms with van der Waals surface area (Å²) in [4.78, 5) is 25.0. The lowest BCUT2D eigenvalue weighted by atomic mass is 10.1. The van der Waals surface area contributed by atoms with Gasteiger partial charge in [0.2, 0.25) is 0 Å². The highest BCUT2D eigenvalue weighted by Gasteiger charge is 2.27. The first kappa shape index (κ1) is 11.6. The fourth-order valence-corrected chi connectivity index (χ4v) is 2.36. The Kier molecular flexibility index (Phi) is 3.10. The van der Waals surface area contributed by atoms with Gasteiger partial charge in [-0.05, 0) is 12.0 Å². The Balaban J connectivity index is 2.05. The minimum absolute atomic E-state index is 0.0370. The van der Waals surface area contributed by atoms with Gasteiger partial charge < -0.3 is 5.73 Å². The second kappa shape index (κ2) is 4.54. The number of carbonyl (C=O) groups is 1. The molecule has 1 aromatic carbocycles. The number of amides is 1. The molecule has 1 aliphatic heterocycles. The van der Waals surface area contributed by atoms with Crippen LogP contribution in [0.3, 0.4) is 0 Å². The number of thioether (sulfide) groups is 1. The number of nitrogens with two attached hydrogens (primary N) is 1. The molecule has 0 aliphatic carbocycles. The molecule has 6 nitrogen and oxygen atoms in total. The predicted octanol–water partition coefficient (Wildman–Crippen LogP) is 1.09. The van der Waals surface area contributed by atoms with Crippen molar-refractivity contribution >= 4 is 28.5 Å². The summed E-state index contributed by atoms with van der Waals surface area (Å²) in [5.41, 5.74) is 6.33. The molecule has 1 heterocycles. The molecule has 1 aromatic rings. The second-order valence-corrected chi connectivity index (χ2v) is 4.75. The van der Waals surface area contributed by atoms with Crippen LogP contribution in [0.25, 0.3) is 0 Å². The van der Waals surface area contributed by atoms with Gasteiger partial charge in [-0.25, -0.2) is 0 Å². The van der Waals surface area contributed by atoms with Gasteiger partial charge in [0.15, 0.2) is 5.17 Å². The number of hydrogen-bond donors (Lipinski definition) is 1. The Hall–Kier alpha value is -1.89. The van der Waals surface area contributed by atoms with Crippen LogP contribution in [-0.4, -0.2) is 21.2 Å². The fourth-order valence-electron chi connectivity index (χ4n) is 1.50. The minimum Gasteiger partial charge on any atom is -0.378 e. The first-order chi connectivity index (χ1) is 8.06. The first-order valence-corrected chi connectivity index (χ1v) is 5.72. The molecule has 7 heteroatoms. The van der Waals surface area contributed by atoms with Crippen LogP contribution < -0.4 is 5.73 Å². The van der Waals surface area contributed by atoms with Gasteiger partial charge in [-0.2, -0.15) is 4.99 Å². The van der Waals surface area contributed by atoms with E-state index in [4.69, 9.17) is 5.73 Å². The molecule has 0 saturated heterocycles. The first-order valence-electron chi connectivity index (χ1n) is 4.84. The smallest absolute Gasteiger partial charge is 0.269 e. The second-order valence-electron chi connectivity index (χ2n) is 3.52. The van der Waals surface area contributed by atoms with E-state index >= 15 is 0 Å². The van der Waals surface area contributed by atoms with Crippen LogP contribution >= 0.6 is 11.8 Å². The van der Waals surface area contributed by atoms with Gasteiger partial charge in [-0.1, -0.05) is 23.9 Å². The Morgan fingerprint density at radius 2 is 2.06 bits per heavy atom. The predicted molar refractivity (Wildman–Crippen MR) is 64.8 cm³/mol. The summed E-state index contributed by atoms with van der Waals surface area (Å²) >= 11 is 1.22. The Labute approximate surface area is 101 Å². The van der Waals surface area contributed by atoms with Gasteiger partial charge in [0, 0.05) is 12.1 Å². The highest BCUT2D eigenvalue weighted by Crippen LogP contribution is 2.24. The molecule has 1 unspecified atom stereocenters. The lowest BCUT2D eigenvalue weighted by molar-refractivity contribution is -0.384. The maximum absolute atomic E-state index is 11.4. The molecule has 0 spiro atoms. The van der Waals surface area contributed by atoms with E-state index < -0.39 is 4.92 Å². The van der Waals surface area contributed by atoms with E-state index in [9.17, 15) is 14.9 Å². The zero-order valence-corrected chi connectivity index (χ0v) is 9.52. The van der Waals surface area contributed by atoms with Crippen molar-refractivity contribution in [3.63, 3.8) is 0 Å². The summed E-state index contributed by atoms with van der Waals surface area (Å²) in [6.45, 7) is 0. The number of nitrogens with zero attached hydrogens (tertiary/aromatic N) is 2. The van der Waals surface area contributed by atoms with Crippen molar-refractivity contribution in [1.29, 1.82) is 0 Å². The minimum atomic E-state index is -0.458. The number of benzene rings is 1. The molecule has 1 amide bonds. The number of nitro groups is 1. The lowest BCUT2D eigenvalue weighted by Crippen LogP contribution is -2.14. The van der Waals surface area contributed by atoms with E-state index in [-0.39, 0.29) is 22.0 Å². The molecule has 0 saturated carbocycles. The maximum atomic E-state index is 11.4. The Morgan fingerprint density at radius 3 is 2.53 bits per heavy atom. The lowest BCUT2D eigenvalue weighted by Gasteiger charge is -2.05. The van der Waals surface area contributed by atoms with Crippen molar-refractivity contribution in [2.45, 2.75) is 11.7 Å². The summed E-state index contributed by atoms with van der Waals surface area (Å²) in [6.07, 6.45) is 0.478. The molecule has 0 bridgehead atoms. The molecule has 1 aliphatic rings. The van der Waals surface area contributed by atoms with Crippen LogP contribution in [-0.2, 0) is 11.2 Å². The van der Waals surface area contributed by atoms with E-state index in [1.54, 1.807) is 12.1 Å². The van der Waals surface area contributed by atoms with Gasteiger partial charge in [-0.15, -0.1) is 0 Å². The van der Waals surface area contributed by atoms with E-state index in [1.165, 1.54) is 23.9 Å². The van der Waals surface area contributed by atoms with Crippen molar-refractivity contribution in [3.8, 4) is 0 Å². The standard InChI is InChI=1S/C10H9N3O3S/c11-10-12-9(14)8(17-10)5-6-1-3-7(4-2-6)13(15)16/h1-4,8H,5H2,(H2,11,12,14). The molecular formula is C10H9N3O3S. The van der Waals surface area contributed by atoms with Crippen LogP contribution in [0.2, 0.25) is 0 Å². The van der Waals surface area contributed by atoms with Crippen LogP contribution in [0.4, 0.5) is 5.69 Å². The molecular weight excluding hydrogens is 242 g/mol. The largest absolute Gasteiger partial charge is 0.378 e. The summed E-state index contributed by atoms with van der Waals surface area (Å²) in [7, 11) is 0. The maximum Gasteiger partial charge on any atom is 0.269 e. The van der Waals surface area contributed by atoms with Crippen molar-refractivity contribution < 1.29 is 9.72 Å². The molecule has 0 fully saturated rings. The molecule has 17 heavy (non-hydrogen) atoms. The van der Waals surface area contributed by atoms with Gasteiger partial charge >= 0.3 is 0 Å². The molecule has 0 radical (unpaired) electrons. The fraction of sp³-hybridized carbons (Fsp3) is 0.200. The molecule has 88 valence electrons. The van der Waals surface area contributed by atoms with Gasteiger partial charge in [0.05, 0.1) is 10.2 Å². The summed E-state index contributed by atoms with van der Waals surface area (Å²) in [6, 6.07) is 6.12. The van der Waals surface area contributed by atoms with Gasteiger partial charge in [0.1, 0.15) is 0 Å². The van der Waals surface area contributed by atoms with Crippen molar-refractivity contribution in [1.82, 2.24) is 0 Å². The van der Waals surface area contributed by atoms with Crippen molar-refractivity contribution in [2.24, 2.45) is 10.7 Å². The average molecular weight is 251 g/mol. The van der Waals surface area contributed by atoms with Crippen LogP contribution in [0.15, 0.2) is 29.3 Å². The van der Waals surface area contributed by atoms with E-state index in [0.717, 1.165) is 5.56 Å². The molecule has 1 atom stereocenters. The summed E-state index contributed by atoms with van der Waals surface area (Å²) in [5.74, 6) is -0.245. The molecule has 2 N–H and O–H groups in total. The summed E-state index contributed by atoms with van der Waals surface area (Å²) < 4.78 is 0. The zero-order chi connectivity index (χ0) is 12.4. The third-order valence-electron chi connectivity index (χ3n) is 2.33. The van der Waals surface area contributed by atoms with Crippen LogP contribution in [0.5, 0.6) is 0 Å². The highest BCUT2D eigenvalue weighted by atomic mass is 32.2. The van der Waals surface area contributed by atoms with Crippen molar-refractivity contribution in [3.05, 3.63) is 39.9 Å². The quantitative estimate of drug-likeness (QED) is 0.640. The number of hydrogen-bond acceptors (Lipinski definition) is 5. The topological polar surface area (TPSA) is 98.6 Å². The molecule has 0 aromatic heterocycles. The van der Waals surface area contributed by atoms with Crippen LogP contribution in [0.1, 0.15) is 5.56 Å². The van der Waals surface area contributed by atoms with E-state index in [2.05, 4.69) is 4.99 Å². The van der Waals surface area contributed by atoms with E-state index in [0.29, 0.717) is 6.42 Å². The SMILES string of the molecule is NC1=NC(=O)C(Cc2ccc([N+](=O)[O-])cc2)S1. The number of rotatable bonds is 3. The zero-order valence-electron chi connectivity index (χ0n) is 8.70. The average Bonchev–Trinajstić information content (AvgIpc) is 2.58. The third kappa shape index (κ3) is 2.62. The Bertz CT molecular complexity index is 498. The third-order valence-corrected chi connectivity index (χ3v) is 3.31. The number of amidine groups is 1. The monoisotopic (exact) mass is 251 g/mol. The number of nitro benzene ring substituents is 1. The Morgan fingerprint density at radius 1 is 1.41 bits per heavy atom. The number of non-ortho nitro benzene ring substituents is 1. The summed E-state index contributed by atoms with van der Waals surface area (Å²) in [5, 5.41) is 10.4. The number of aliphatic imine (C=N–C) groups is 1. The van der Waals surface area contributed by atoms with Crippen LogP contribution in [0, 0.1) is 10.1 Å². The molecule has 2 rings (SSSR count). The highest BCUT2D eigenvalue weighted by molar-refractivity contribution is 8.15.